The summed E-state index contributed by atoms with van der Waals surface area (Å²) in [6, 6.07) is 5.80. The average Bonchev–Trinajstić information content (AvgIpc) is 2.71. The van der Waals surface area contributed by atoms with Crippen LogP contribution in [0.4, 0.5) is 0 Å². The lowest BCUT2D eigenvalue weighted by Crippen LogP contribution is -2.13. The van der Waals surface area contributed by atoms with Crippen LogP contribution in [0.3, 0.4) is 0 Å². The van der Waals surface area contributed by atoms with Gasteiger partial charge in [-0.05, 0) is 24.6 Å². The van der Waals surface area contributed by atoms with Gasteiger partial charge in [-0.1, -0.05) is 0 Å². The largest absolute Gasteiger partial charge is 0.491 e. The van der Waals surface area contributed by atoms with Crippen molar-refractivity contribution in [3.63, 3.8) is 0 Å². The predicted octanol–water partition coefficient (Wildman–Crippen LogP) is 2.11. The Morgan fingerprint density at radius 1 is 0.483 bits per heavy atom. The number of rotatable bonds is 20. The molecule has 0 aliphatic carbocycles. The third-order valence-electron chi connectivity index (χ3n) is 3.62. The van der Waals surface area contributed by atoms with Crippen LogP contribution in [0, 0.1) is 6.92 Å². The molecule has 0 radical (unpaired) electrons. The topological polar surface area (TPSA) is 73.8 Å². The number of hydrogen-bond donors (Lipinski definition) is 0. The summed E-state index contributed by atoms with van der Waals surface area (Å²) in [4.78, 5) is 0. The fourth-order valence-electron chi connectivity index (χ4n) is 2.25. The van der Waals surface area contributed by atoms with Crippen molar-refractivity contribution in [2.75, 3.05) is 93.5 Å². The monoisotopic (exact) mass is 416 g/mol. The normalized spacial score (nSPS) is 11.0. The van der Waals surface area contributed by atoms with Gasteiger partial charge in [-0.2, -0.15) is 0 Å². The van der Waals surface area contributed by atoms with Gasteiger partial charge in [0, 0.05) is 20.3 Å². The van der Waals surface area contributed by atoms with Crippen LogP contribution in [0.5, 0.6) is 11.5 Å². The van der Waals surface area contributed by atoms with Crippen molar-refractivity contribution < 1.29 is 37.9 Å². The molecule has 168 valence electrons. The van der Waals surface area contributed by atoms with Crippen LogP contribution in [-0.2, 0) is 28.4 Å². The molecule has 0 N–H and O–H groups in total. The SMILES string of the molecule is COCCOCCOCCOc1cc(C)cc(OCCOCCOCCOC)c1. The lowest BCUT2D eigenvalue weighted by molar-refractivity contribution is 0.0174. The molecule has 0 unspecified atom stereocenters. The highest BCUT2D eigenvalue weighted by atomic mass is 16.6. The second kappa shape index (κ2) is 18.6. The first-order valence-corrected chi connectivity index (χ1v) is 9.92. The Hall–Kier alpha value is -1.42. The van der Waals surface area contributed by atoms with E-state index < -0.39 is 0 Å². The summed E-state index contributed by atoms with van der Waals surface area (Å²) in [7, 11) is 3.30. The minimum atomic E-state index is 0.465. The van der Waals surface area contributed by atoms with Gasteiger partial charge < -0.3 is 37.9 Å². The van der Waals surface area contributed by atoms with Crippen LogP contribution >= 0.6 is 0 Å². The number of benzene rings is 1. The van der Waals surface area contributed by atoms with Gasteiger partial charge in [0.05, 0.1) is 66.1 Å². The van der Waals surface area contributed by atoms with Gasteiger partial charge in [-0.15, -0.1) is 0 Å². The van der Waals surface area contributed by atoms with Gasteiger partial charge in [-0.3, -0.25) is 0 Å². The lowest BCUT2D eigenvalue weighted by atomic mass is 10.2. The molecule has 0 amide bonds. The zero-order chi connectivity index (χ0) is 21.0. The molecule has 1 aromatic carbocycles. The smallest absolute Gasteiger partial charge is 0.123 e. The minimum Gasteiger partial charge on any atom is -0.491 e. The van der Waals surface area contributed by atoms with Crippen LogP contribution in [-0.4, -0.2) is 93.5 Å². The molecule has 0 atom stereocenters. The summed E-state index contributed by atoms with van der Waals surface area (Å²) in [6.45, 7) is 8.44. The van der Waals surface area contributed by atoms with Crippen molar-refractivity contribution >= 4 is 0 Å². The molecule has 0 heterocycles. The maximum absolute atomic E-state index is 5.74. The Bertz CT molecular complexity index is 457. The number of ether oxygens (including phenoxy) is 8. The Labute approximate surface area is 174 Å². The van der Waals surface area contributed by atoms with E-state index in [2.05, 4.69) is 0 Å². The van der Waals surface area contributed by atoms with Gasteiger partial charge >= 0.3 is 0 Å². The molecule has 1 aromatic rings. The zero-order valence-corrected chi connectivity index (χ0v) is 18.0. The summed E-state index contributed by atoms with van der Waals surface area (Å²) < 4.78 is 42.9. The van der Waals surface area contributed by atoms with Gasteiger partial charge in [0.25, 0.3) is 0 Å². The maximum atomic E-state index is 5.74. The molecule has 0 saturated carbocycles. The van der Waals surface area contributed by atoms with Crippen molar-refractivity contribution in [3.8, 4) is 11.5 Å². The Balaban J connectivity index is 2.09. The van der Waals surface area contributed by atoms with E-state index in [-0.39, 0.29) is 0 Å². The van der Waals surface area contributed by atoms with E-state index in [0.717, 1.165) is 17.1 Å². The van der Waals surface area contributed by atoms with E-state index in [0.29, 0.717) is 79.3 Å². The van der Waals surface area contributed by atoms with Crippen molar-refractivity contribution in [2.45, 2.75) is 6.92 Å². The van der Waals surface area contributed by atoms with Gasteiger partial charge in [0.15, 0.2) is 0 Å². The summed E-state index contributed by atoms with van der Waals surface area (Å²) in [5.41, 5.74) is 1.07. The highest BCUT2D eigenvalue weighted by Gasteiger charge is 2.02. The fourth-order valence-corrected chi connectivity index (χ4v) is 2.25. The van der Waals surface area contributed by atoms with Crippen molar-refractivity contribution in [2.24, 2.45) is 0 Å². The molecule has 0 saturated heterocycles. The van der Waals surface area contributed by atoms with Gasteiger partial charge in [0.1, 0.15) is 24.7 Å². The van der Waals surface area contributed by atoms with E-state index >= 15 is 0 Å². The van der Waals surface area contributed by atoms with Crippen LogP contribution < -0.4 is 9.47 Å². The fraction of sp³-hybridized carbons (Fsp3) is 0.714. The van der Waals surface area contributed by atoms with E-state index in [1.165, 1.54) is 0 Å². The van der Waals surface area contributed by atoms with E-state index in [1.54, 1.807) is 14.2 Å². The standard InChI is InChI=1S/C21H36O8/c1-19-16-20(28-14-12-26-10-8-24-6-4-22-2)18-21(17-19)29-15-13-27-11-9-25-7-5-23-3/h16-18H,4-15H2,1-3H3. The van der Waals surface area contributed by atoms with E-state index in [9.17, 15) is 0 Å². The molecule has 0 bridgehead atoms. The Morgan fingerprint density at radius 2 is 0.828 bits per heavy atom. The van der Waals surface area contributed by atoms with Crippen molar-refractivity contribution in [1.82, 2.24) is 0 Å². The molecule has 0 spiro atoms. The Morgan fingerprint density at radius 3 is 1.21 bits per heavy atom. The second-order valence-corrected chi connectivity index (χ2v) is 6.11. The van der Waals surface area contributed by atoms with E-state index in [1.807, 2.05) is 25.1 Å². The van der Waals surface area contributed by atoms with Crippen LogP contribution in [0.2, 0.25) is 0 Å². The summed E-state index contributed by atoms with van der Waals surface area (Å²) in [5, 5.41) is 0. The second-order valence-electron chi connectivity index (χ2n) is 6.11. The lowest BCUT2D eigenvalue weighted by Gasteiger charge is -2.12. The molecular formula is C21H36O8. The average molecular weight is 417 g/mol. The first kappa shape index (κ1) is 25.6. The first-order valence-electron chi connectivity index (χ1n) is 9.92. The summed E-state index contributed by atoms with van der Waals surface area (Å²) in [6.07, 6.45) is 0. The molecule has 0 aliphatic heterocycles. The Kier molecular flexibility index (Phi) is 16.4. The first-order chi connectivity index (χ1) is 14.3. The summed E-state index contributed by atoms with van der Waals surface area (Å²) in [5.74, 6) is 1.51. The quantitative estimate of drug-likeness (QED) is 0.299. The predicted molar refractivity (Wildman–Crippen MR) is 109 cm³/mol. The third kappa shape index (κ3) is 15.1. The molecule has 29 heavy (non-hydrogen) atoms. The number of hydrogen-bond acceptors (Lipinski definition) is 8. The van der Waals surface area contributed by atoms with Crippen molar-refractivity contribution in [3.05, 3.63) is 23.8 Å². The number of methoxy groups -OCH3 is 2. The van der Waals surface area contributed by atoms with Crippen molar-refractivity contribution in [1.29, 1.82) is 0 Å². The highest BCUT2D eigenvalue weighted by Crippen LogP contribution is 2.22. The third-order valence-corrected chi connectivity index (χ3v) is 3.62. The molecule has 8 nitrogen and oxygen atoms in total. The zero-order valence-electron chi connectivity index (χ0n) is 18.0. The minimum absolute atomic E-state index is 0.465. The molecule has 0 aliphatic rings. The molecule has 0 aromatic heterocycles. The molecule has 0 fully saturated rings. The maximum Gasteiger partial charge on any atom is 0.123 e. The molecule has 8 heteroatoms. The van der Waals surface area contributed by atoms with Gasteiger partial charge in [0.2, 0.25) is 0 Å². The molecule has 1 rings (SSSR count). The van der Waals surface area contributed by atoms with Crippen LogP contribution in [0.25, 0.3) is 0 Å². The number of aryl methyl sites for hydroxylation is 1. The van der Waals surface area contributed by atoms with E-state index in [4.69, 9.17) is 37.9 Å². The highest BCUT2D eigenvalue weighted by molar-refractivity contribution is 5.37. The van der Waals surface area contributed by atoms with Gasteiger partial charge in [-0.25, -0.2) is 0 Å². The molecular weight excluding hydrogens is 380 g/mol. The van der Waals surface area contributed by atoms with Crippen LogP contribution in [0.15, 0.2) is 18.2 Å². The van der Waals surface area contributed by atoms with Crippen LogP contribution in [0.1, 0.15) is 5.56 Å². The summed E-state index contributed by atoms with van der Waals surface area (Å²) >= 11 is 0.